The van der Waals surface area contributed by atoms with Crippen LogP contribution in [0.4, 0.5) is 0 Å². The van der Waals surface area contributed by atoms with Crippen LogP contribution in [0.15, 0.2) is 0 Å². The summed E-state index contributed by atoms with van der Waals surface area (Å²) in [4.78, 5) is 0. The molecule has 0 aliphatic heterocycles. The third kappa shape index (κ3) is 3.30. The summed E-state index contributed by atoms with van der Waals surface area (Å²) in [5, 5.41) is 10.9. The van der Waals surface area contributed by atoms with E-state index >= 15 is 0 Å². The van der Waals surface area contributed by atoms with E-state index in [1.165, 1.54) is 12.8 Å². The summed E-state index contributed by atoms with van der Waals surface area (Å²) >= 11 is 0. The SMILES string of the molecule is CC1(C)C2CCC1(CS(=O)(=O)N(C1CCCCC1)C1CCCCC1)[C@@H](O)C2. The number of hydrogen-bond donors (Lipinski definition) is 1. The first-order valence-electron chi connectivity index (χ1n) is 11.5. The Balaban J connectivity index is 1.64. The van der Waals surface area contributed by atoms with Crippen molar-refractivity contribution in [1.29, 1.82) is 0 Å². The molecule has 0 radical (unpaired) electrons. The molecule has 4 aliphatic rings. The first kappa shape index (κ1) is 20.2. The van der Waals surface area contributed by atoms with Gasteiger partial charge in [-0.1, -0.05) is 52.4 Å². The predicted octanol–water partition coefficient (Wildman–Crippen LogP) is 4.47. The van der Waals surface area contributed by atoms with Crippen molar-refractivity contribution < 1.29 is 13.5 Å². The summed E-state index contributed by atoms with van der Waals surface area (Å²) in [6, 6.07) is 0.393. The maximum atomic E-state index is 13.9. The molecule has 0 aromatic heterocycles. The van der Waals surface area contributed by atoms with Crippen LogP contribution in [0.5, 0.6) is 0 Å². The van der Waals surface area contributed by atoms with Crippen molar-refractivity contribution in [3.8, 4) is 0 Å². The van der Waals surface area contributed by atoms with Gasteiger partial charge in [0.05, 0.1) is 11.9 Å². The van der Waals surface area contributed by atoms with E-state index < -0.39 is 21.5 Å². The van der Waals surface area contributed by atoms with E-state index in [2.05, 4.69) is 13.8 Å². The summed E-state index contributed by atoms with van der Waals surface area (Å²) in [6.07, 6.45) is 13.5. The van der Waals surface area contributed by atoms with Gasteiger partial charge in [0.15, 0.2) is 0 Å². The average Bonchev–Trinajstić information content (AvgIpc) is 2.97. The Morgan fingerprint density at radius 1 is 0.889 bits per heavy atom. The molecule has 0 spiro atoms. The van der Waals surface area contributed by atoms with Gasteiger partial charge in [0, 0.05) is 17.5 Å². The van der Waals surface area contributed by atoms with E-state index in [1.807, 2.05) is 4.31 Å². The molecular weight excluding hydrogens is 358 g/mol. The van der Waals surface area contributed by atoms with Crippen LogP contribution in [0.1, 0.15) is 97.3 Å². The smallest absolute Gasteiger partial charge is 0.215 e. The molecule has 5 heteroatoms. The molecule has 0 saturated heterocycles. The Labute approximate surface area is 166 Å². The largest absolute Gasteiger partial charge is 0.392 e. The second-order valence-corrected chi connectivity index (χ2v) is 12.4. The average molecular weight is 398 g/mol. The Bertz CT molecular complexity index is 616. The first-order valence-corrected chi connectivity index (χ1v) is 13.1. The van der Waals surface area contributed by atoms with Crippen LogP contribution in [0.2, 0.25) is 0 Å². The number of aliphatic hydroxyl groups is 1. The molecule has 1 N–H and O–H groups in total. The van der Waals surface area contributed by atoms with Crippen molar-refractivity contribution >= 4 is 10.0 Å². The van der Waals surface area contributed by atoms with E-state index in [0.717, 1.165) is 70.6 Å². The third-order valence-corrected chi connectivity index (χ3v) is 11.1. The second-order valence-electron chi connectivity index (χ2n) is 10.5. The molecule has 156 valence electrons. The highest BCUT2D eigenvalue weighted by atomic mass is 32.2. The standard InChI is InChI=1S/C22H39NO3S/c1-21(2)17-13-14-22(21,20(24)15-17)16-27(25,26)23(18-9-5-3-6-10-18)19-11-7-4-8-12-19/h17-20,24H,3-16H2,1-2H3/t17?,20-,22?/m0/s1. The Morgan fingerprint density at radius 2 is 1.41 bits per heavy atom. The second kappa shape index (κ2) is 7.28. The van der Waals surface area contributed by atoms with Crippen LogP contribution in [0.25, 0.3) is 0 Å². The summed E-state index contributed by atoms with van der Waals surface area (Å²) < 4.78 is 29.8. The molecule has 4 rings (SSSR count). The quantitative estimate of drug-likeness (QED) is 0.744. The Morgan fingerprint density at radius 3 is 1.81 bits per heavy atom. The Hall–Kier alpha value is -0.130. The number of rotatable bonds is 5. The maximum Gasteiger partial charge on any atom is 0.215 e. The van der Waals surface area contributed by atoms with E-state index in [0.29, 0.717) is 5.92 Å². The molecule has 0 heterocycles. The molecule has 0 aromatic rings. The van der Waals surface area contributed by atoms with Gasteiger partial charge in [0.2, 0.25) is 10.0 Å². The van der Waals surface area contributed by atoms with Gasteiger partial charge in [0.1, 0.15) is 0 Å². The van der Waals surface area contributed by atoms with E-state index in [4.69, 9.17) is 0 Å². The summed E-state index contributed by atoms with van der Waals surface area (Å²) in [5.41, 5.74) is -0.525. The lowest BCUT2D eigenvalue weighted by Gasteiger charge is -2.45. The fraction of sp³-hybridized carbons (Fsp3) is 1.00. The molecule has 2 unspecified atom stereocenters. The molecular formula is C22H39NO3S. The van der Waals surface area contributed by atoms with Crippen molar-refractivity contribution in [3.05, 3.63) is 0 Å². The van der Waals surface area contributed by atoms with Gasteiger partial charge < -0.3 is 5.11 Å². The lowest BCUT2D eigenvalue weighted by Crippen LogP contribution is -2.54. The van der Waals surface area contributed by atoms with Crippen LogP contribution in [-0.2, 0) is 10.0 Å². The van der Waals surface area contributed by atoms with Crippen LogP contribution in [-0.4, -0.2) is 41.8 Å². The molecule has 2 bridgehead atoms. The minimum atomic E-state index is -3.38. The fourth-order valence-electron chi connectivity index (χ4n) is 7.20. The molecule has 0 aromatic carbocycles. The predicted molar refractivity (Wildman–Crippen MR) is 109 cm³/mol. The number of fused-ring (bicyclic) bond motifs is 2. The topological polar surface area (TPSA) is 57.6 Å². The number of hydrogen-bond acceptors (Lipinski definition) is 3. The van der Waals surface area contributed by atoms with Crippen LogP contribution in [0.3, 0.4) is 0 Å². The van der Waals surface area contributed by atoms with Crippen molar-refractivity contribution in [3.63, 3.8) is 0 Å². The molecule has 0 amide bonds. The molecule has 3 atom stereocenters. The van der Waals surface area contributed by atoms with Gasteiger partial charge in [-0.2, -0.15) is 4.31 Å². The van der Waals surface area contributed by atoms with Crippen LogP contribution in [0, 0.1) is 16.7 Å². The molecule has 4 nitrogen and oxygen atoms in total. The Kier molecular flexibility index (Phi) is 5.44. The number of nitrogens with zero attached hydrogens (tertiary/aromatic N) is 1. The van der Waals surface area contributed by atoms with Gasteiger partial charge >= 0.3 is 0 Å². The van der Waals surface area contributed by atoms with Crippen molar-refractivity contribution in [2.45, 2.75) is 116 Å². The molecule has 4 saturated carbocycles. The van der Waals surface area contributed by atoms with Gasteiger partial charge in [-0.05, 0) is 56.3 Å². The summed E-state index contributed by atoms with van der Waals surface area (Å²) in [7, 11) is -3.38. The van der Waals surface area contributed by atoms with Gasteiger partial charge in [-0.25, -0.2) is 8.42 Å². The fourth-order valence-corrected chi connectivity index (χ4v) is 10.0. The van der Waals surface area contributed by atoms with Crippen LogP contribution >= 0.6 is 0 Å². The highest BCUT2D eigenvalue weighted by Crippen LogP contribution is 2.66. The minimum Gasteiger partial charge on any atom is -0.392 e. The van der Waals surface area contributed by atoms with E-state index in [9.17, 15) is 13.5 Å². The normalized spacial score (nSPS) is 37.9. The third-order valence-electron chi connectivity index (χ3n) is 9.02. The summed E-state index contributed by atoms with van der Waals surface area (Å²) in [6.45, 7) is 4.42. The lowest BCUT2D eigenvalue weighted by atomic mass is 9.70. The zero-order valence-corrected chi connectivity index (χ0v) is 18.1. The zero-order chi connectivity index (χ0) is 19.3. The maximum absolute atomic E-state index is 13.9. The molecule has 4 fully saturated rings. The highest BCUT2D eigenvalue weighted by Gasteiger charge is 2.65. The van der Waals surface area contributed by atoms with Gasteiger partial charge in [-0.15, -0.1) is 0 Å². The number of sulfonamides is 1. The lowest BCUT2D eigenvalue weighted by molar-refractivity contribution is 0.0136. The van der Waals surface area contributed by atoms with Crippen LogP contribution < -0.4 is 0 Å². The summed E-state index contributed by atoms with van der Waals surface area (Å²) in [5.74, 6) is 0.637. The van der Waals surface area contributed by atoms with Crippen molar-refractivity contribution in [1.82, 2.24) is 4.31 Å². The van der Waals surface area contributed by atoms with Crippen molar-refractivity contribution in [2.24, 2.45) is 16.7 Å². The first-order chi connectivity index (χ1) is 12.8. The number of aliphatic hydroxyl groups excluding tert-OH is 1. The van der Waals surface area contributed by atoms with E-state index in [1.54, 1.807) is 0 Å². The van der Waals surface area contributed by atoms with Gasteiger partial charge in [0.25, 0.3) is 0 Å². The van der Waals surface area contributed by atoms with Crippen molar-refractivity contribution in [2.75, 3.05) is 5.75 Å². The monoisotopic (exact) mass is 397 g/mol. The molecule has 4 aliphatic carbocycles. The minimum absolute atomic E-state index is 0.0791. The van der Waals surface area contributed by atoms with Gasteiger partial charge in [-0.3, -0.25) is 0 Å². The highest BCUT2D eigenvalue weighted by molar-refractivity contribution is 7.89. The molecule has 27 heavy (non-hydrogen) atoms. The zero-order valence-electron chi connectivity index (χ0n) is 17.3. The van der Waals surface area contributed by atoms with E-state index in [-0.39, 0.29) is 23.3 Å².